The van der Waals surface area contributed by atoms with Crippen LogP contribution in [0.15, 0.2) is 72.8 Å². The molecule has 0 bridgehead atoms. The minimum atomic E-state index is -2.91. The van der Waals surface area contributed by atoms with Gasteiger partial charge in [-0.3, -0.25) is 4.79 Å². The van der Waals surface area contributed by atoms with Crippen LogP contribution in [0.25, 0.3) is 0 Å². The number of benzene rings is 2. The van der Waals surface area contributed by atoms with E-state index in [1.807, 2.05) is 36.4 Å². The lowest BCUT2D eigenvalue weighted by molar-refractivity contribution is -0.134. The van der Waals surface area contributed by atoms with E-state index < -0.39 is 32.0 Å². The van der Waals surface area contributed by atoms with Gasteiger partial charge in [-0.25, -0.2) is 14.5 Å². The zero-order valence-corrected chi connectivity index (χ0v) is 24.6. The third-order valence-electron chi connectivity index (χ3n) is 6.14. The fraction of sp³-hybridized carbons (Fsp3) is 0.433. The monoisotopic (exact) mass is 539 g/mol. The number of hydrogen-bond donors (Lipinski definition) is 0. The van der Waals surface area contributed by atoms with Crippen LogP contribution in [-0.2, 0) is 23.5 Å². The molecule has 1 atom stereocenters. The van der Waals surface area contributed by atoms with Crippen molar-refractivity contribution in [3.8, 4) is 0 Å². The van der Waals surface area contributed by atoms with Crippen LogP contribution in [0, 0.1) is 0 Å². The quantitative estimate of drug-likeness (QED) is 0.176. The summed E-state index contributed by atoms with van der Waals surface area (Å²) in [6.45, 7) is 11.9. The number of allylic oxidation sites excluding steroid dienone is 1. The van der Waals surface area contributed by atoms with Crippen molar-refractivity contribution in [1.82, 2.24) is 4.90 Å². The van der Waals surface area contributed by atoms with Crippen molar-refractivity contribution in [1.29, 1.82) is 0 Å². The third-order valence-corrected chi connectivity index (χ3v) is 11.1. The standard InChI is InChI=1S/C30H41NO6Si/c1-29(2,3)37-28(34)31(23-32)24(16-14-15-21-27(33)35-7)22-36-38(30(4,5)6,25-17-10-8-11-18-25)26-19-12-9-13-20-26/h8-13,15,17-21,23-24H,14,16,22H2,1-7H3/b21-15+/t24-/m0/s1. The highest BCUT2D eigenvalue weighted by atomic mass is 28.4. The summed E-state index contributed by atoms with van der Waals surface area (Å²) in [5.41, 5.74) is -0.771. The normalized spacial score (nSPS) is 13.1. The first kappa shape index (κ1) is 31.0. The number of ether oxygens (including phenoxy) is 2. The van der Waals surface area contributed by atoms with Crippen LogP contribution >= 0.6 is 0 Å². The van der Waals surface area contributed by atoms with Crippen LogP contribution in [0.4, 0.5) is 4.79 Å². The Bertz CT molecular complexity index is 1030. The zero-order chi connectivity index (χ0) is 28.4. The van der Waals surface area contributed by atoms with Crippen molar-refractivity contribution < 1.29 is 28.3 Å². The molecule has 8 heteroatoms. The average molecular weight is 540 g/mol. The molecule has 0 aromatic heterocycles. The maximum atomic E-state index is 13.0. The van der Waals surface area contributed by atoms with Crippen molar-refractivity contribution in [2.24, 2.45) is 0 Å². The molecule has 2 aromatic carbocycles. The topological polar surface area (TPSA) is 82.1 Å². The summed E-state index contributed by atoms with van der Waals surface area (Å²) >= 11 is 0. The van der Waals surface area contributed by atoms with Crippen LogP contribution in [0.5, 0.6) is 0 Å². The van der Waals surface area contributed by atoms with E-state index in [4.69, 9.17) is 9.16 Å². The molecule has 0 fully saturated rings. The molecule has 0 unspecified atom stereocenters. The third kappa shape index (κ3) is 8.13. The van der Waals surface area contributed by atoms with Crippen molar-refractivity contribution in [3.63, 3.8) is 0 Å². The summed E-state index contributed by atoms with van der Waals surface area (Å²) in [5.74, 6) is -0.468. The molecule has 2 aromatic rings. The van der Waals surface area contributed by atoms with Gasteiger partial charge in [-0.2, -0.15) is 0 Å². The predicted octanol–water partition coefficient (Wildman–Crippen LogP) is 4.83. The molecule has 0 saturated carbocycles. The van der Waals surface area contributed by atoms with Crippen LogP contribution in [-0.4, -0.2) is 57.0 Å². The van der Waals surface area contributed by atoms with Crippen molar-refractivity contribution in [3.05, 3.63) is 72.8 Å². The van der Waals surface area contributed by atoms with E-state index in [1.54, 1.807) is 26.8 Å². The Morgan fingerprint density at radius 1 is 0.921 bits per heavy atom. The number of amides is 2. The first-order valence-electron chi connectivity index (χ1n) is 12.8. The summed E-state index contributed by atoms with van der Waals surface area (Å²) in [4.78, 5) is 37.8. The molecule has 38 heavy (non-hydrogen) atoms. The maximum absolute atomic E-state index is 13.0. The number of imide groups is 1. The molecular formula is C30H41NO6Si. The largest absolute Gasteiger partial charge is 0.466 e. The second kappa shape index (κ2) is 13.5. The lowest BCUT2D eigenvalue weighted by Gasteiger charge is -2.44. The average Bonchev–Trinajstić information content (AvgIpc) is 2.86. The Morgan fingerprint density at radius 3 is 1.87 bits per heavy atom. The van der Waals surface area contributed by atoms with Crippen LogP contribution < -0.4 is 10.4 Å². The second-order valence-corrected chi connectivity index (χ2v) is 15.4. The van der Waals surface area contributed by atoms with Gasteiger partial charge in [0.15, 0.2) is 0 Å². The summed E-state index contributed by atoms with van der Waals surface area (Å²) in [7, 11) is -1.60. The molecule has 0 spiro atoms. The van der Waals surface area contributed by atoms with Crippen LogP contribution in [0.2, 0.25) is 5.04 Å². The summed E-state index contributed by atoms with van der Waals surface area (Å²) in [6, 6.07) is 19.7. The highest BCUT2D eigenvalue weighted by Gasteiger charge is 2.50. The van der Waals surface area contributed by atoms with Gasteiger partial charge in [0.25, 0.3) is 8.32 Å². The van der Waals surface area contributed by atoms with Crippen LogP contribution in [0.3, 0.4) is 0 Å². The Hall–Kier alpha value is -3.23. The van der Waals surface area contributed by atoms with Gasteiger partial charge in [0.05, 0.1) is 19.8 Å². The molecule has 0 N–H and O–H groups in total. The molecule has 2 rings (SSSR count). The van der Waals surface area contributed by atoms with E-state index in [0.717, 1.165) is 15.3 Å². The van der Waals surface area contributed by atoms with Gasteiger partial charge >= 0.3 is 12.1 Å². The SMILES string of the molecule is COC(=O)/C=C/CC[C@@H](CO[Si](c1ccccc1)(c1ccccc1)C(C)(C)C)N(C=O)C(=O)OC(C)(C)C. The smallest absolute Gasteiger partial charge is 0.417 e. The number of hydrogen-bond acceptors (Lipinski definition) is 6. The van der Waals surface area contributed by atoms with Gasteiger partial charge < -0.3 is 13.9 Å². The van der Waals surface area contributed by atoms with Gasteiger partial charge in [-0.05, 0) is 49.0 Å². The molecule has 0 radical (unpaired) electrons. The maximum Gasteiger partial charge on any atom is 0.417 e. The van der Waals surface area contributed by atoms with E-state index in [1.165, 1.54) is 13.2 Å². The fourth-order valence-electron chi connectivity index (χ4n) is 4.41. The summed E-state index contributed by atoms with van der Waals surface area (Å²) in [5, 5.41) is 1.92. The van der Waals surface area contributed by atoms with E-state index in [9.17, 15) is 14.4 Å². The molecule has 206 valence electrons. The number of carbonyl (C=O) groups is 3. The molecule has 2 amide bonds. The van der Waals surface area contributed by atoms with E-state index in [-0.39, 0.29) is 11.6 Å². The van der Waals surface area contributed by atoms with Crippen molar-refractivity contribution in [2.45, 2.75) is 71.1 Å². The lowest BCUT2D eigenvalue weighted by atomic mass is 10.1. The van der Waals surface area contributed by atoms with Gasteiger partial charge in [0.2, 0.25) is 6.41 Å². The molecule has 0 aliphatic heterocycles. The minimum Gasteiger partial charge on any atom is -0.466 e. The Kier molecular flexibility index (Phi) is 11.0. The van der Waals surface area contributed by atoms with Crippen molar-refractivity contribution >= 4 is 37.2 Å². The predicted molar refractivity (Wildman–Crippen MR) is 152 cm³/mol. The fourth-order valence-corrected chi connectivity index (χ4v) is 9.01. The van der Waals surface area contributed by atoms with Crippen LogP contribution in [0.1, 0.15) is 54.4 Å². The van der Waals surface area contributed by atoms with Gasteiger partial charge in [0.1, 0.15) is 5.60 Å². The molecule has 0 aliphatic carbocycles. The Balaban J connectivity index is 2.51. The summed E-state index contributed by atoms with van der Waals surface area (Å²) < 4.78 is 17.2. The minimum absolute atomic E-state index is 0.108. The molecule has 7 nitrogen and oxygen atoms in total. The number of esters is 1. The highest BCUT2D eigenvalue weighted by Crippen LogP contribution is 2.37. The van der Waals surface area contributed by atoms with E-state index in [0.29, 0.717) is 19.3 Å². The number of rotatable bonds is 11. The Labute approximate surface area is 227 Å². The first-order valence-corrected chi connectivity index (χ1v) is 14.7. The van der Waals surface area contributed by atoms with Gasteiger partial charge in [0, 0.05) is 6.08 Å². The van der Waals surface area contributed by atoms with E-state index in [2.05, 4.69) is 49.8 Å². The van der Waals surface area contributed by atoms with Gasteiger partial charge in [-0.15, -0.1) is 0 Å². The molecular weight excluding hydrogens is 498 g/mol. The van der Waals surface area contributed by atoms with Crippen molar-refractivity contribution in [2.75, 3.05) is 13.7 Å². The second-order valence-electron chi connectivity index (χ2n) is 11.1. The molecule has 0 heterocycles. The zero-order valence-electron chi connectivity index (χ0n) is 23.6. The van der Waals surface area contributed by atoms with Gasteiger partial charge in [-0.1, -0.05) is 87.5 Å². The number of carbonyl (C=O) groups excluding carboxylic acids is 3. The molecule has 0 aliphatic rings. The lowest BCUT2D eigenvalue weighted by Crippen LogP contribution is -2.67. The molecule has 0 saturated heterocycles. The number of methoxy groups -OCH3 is 1. The number of nitrogens with zero attached hydrogens (tertiary/aromatic N) is 1. The Morgan fingerprint density at radius 2 is 1.45 bits per heavy atom. The summed E-state index contributed by atoms with van der Waals surface area (Å²) in [6.07, 6.45) is 3.57. The first-order chi connectivity index (χ1) is 17.9. The highest BCUT2D eigenvalue weighted by molar-refractivity contribution is 6.99. The van der Waals surface area contributed by atoms with E-state index >= 15 is 0 Å².